The molecule has 20 heavy (non-hydrogen) atoms. The van der Waals surface area contributed by atoms with Gasteiger partial charge in [-0.15, -0.1) is 0 Å². The molecule has 1 aromatic carbocycles. The van der Waals surface area contributed by atoms with Crippen LogP contribution in [-0.2, 0) is 4.79 Å². The third-order valence-electron chi connectivity index (χ3n) is 4.05. The lowest BCUT2D eigenvalue weighted by molar-refractivity contribution is -0.121. The molecule has 1 aromatic rings. The van der Waals surface area contributed by atoms with Gasteiger partial charge < -0.3 is 5.32 Å². The van der Waals surface area contributed by atoms with Crippen molar-refractivity contribution in [3.63, 3.8) is 0 Å². The fourth-order valence-corrected chi connectivity index (χ4v) is 2.80. The van der Waals surface area contributed by atoms with Crippen LogP contribution in [0.1, 0.15) is 55.3 Å². The Balaban J connectivity index is 1.66. The Bertz CT molecular complexity index is 436. The monoisotopic (exact) mass is 273 g/mol. The van der Waals surface area contributed by atoms with Crippen LogP contribution in [0.5, 0.6) is 0 Å². The van der Waals surface area contributed by atoms with Gasteiger partial charge in [-0.05, 0) is 12.3 Å². The molecule has 1 N–H and O–H groups in total. The van der Waals surface area contributed by atoms with Crippen molar-refractivity contribution in [1.29, 1.82) is 0 Å². The van der Waals surface area contributed by atoms with E-state index in [0.717, 1.165) is 6.42 Å². The van der Waals surface area contributed by atoms with Gasteiger partial charge in [0.2, 0.25) is 5.91 Å². The first-order valence-electron chi connectivity index (χ1n) is 7.60. The standard InChI is InChI=1S/C17H23NO2/c19-16(15-9-5-2-6-10-15)13-18-17(20)12-11-14-7-3-1-4-8-14/h2,5-6,9-10,14H,1,3-4,7-8,11-13H2,(H,18,20). The van der Waals surface area contributed by atoms with E-state index in [4.69, 9.17) is 0 Å². The highest BCUT2D eigenvalue weighted by Crippen LogP contribution is 2.27. The first kappa shape index (κ1) is 14.8. The molecule has 0 atom stereocenters. The Morgan fingerprint density at radius 2 is 1.75 bits per heavy atom. The molecular formula is C17H23NO2. The van der Waals surface area contributed by atoms with E-state index in [0.29, 0.717) is 17.9 Å². The molecule has 1 fully saturated rings. The number of carbonyl (C=O) groups is 2. The van der Waals surface area contributed by atoms with Crippen molar-refractivity contribution in [1.82, 2.24) is 5.32 Å². The molecule has 1 amide bonds. The molecule has 0 spiro atoms. The molecule has 0 saturated heterocycles. The lowest BCUT2D eigenvalue weighted by Crippen LogP contribution is -2.29. The fraction of sp³-hybridized carbons (Fsp3) is 0.529. The van der Waals surface area contributed by atoms with E-state index in [-0.39, 0.29) is 18.2 Å². The normalized spacial score (nSPS) is 15.8. The van der Waals surface area contributed by atoms with Crippen LogP contribution in [0, 0.1) is 5.92 Å². The molecule has 0 bridgehead atoms. The summed E-state index contributed by atoms with van der Waals surface area (Å²) in [6, 6.07) is 9.09. The molecule has 0 radical (unpaired) electrons. The molecule has 108 valence electrons. The third kappa shape index (κ3) is 4.80. The van der Waals surface area contributed by atoms with Gasteiger partial charge in [-0.1, -0.05) is 62.4 Å². The second kappa shape index (κ2) is 7.83. The Morgan fingerprint density at radius 1 is 1.05 bits per heavy atom. The number of nitrogens with one attached hydrogen (secondary N) is 1. The van der Waals surface area contributed by atoms with Gasteiger partial charge in [-0.25, -0.2) is 0 Å². The molecule has 0 aliphatic heterocycles. The molecule has 0 aromatic heterocycles. The number of benzene rings is 1. The lowest BCUT2D eigenvalue weighted by atomic mass is 9.86. The van der Waals surface area contributed by atoms with E-state index in [1.165, 1.54) is 32.1 Å². The molecule has 1 saturated carbocycles. The fourth-order valence-electron chi connectivity index (χ4n) is 2.80. The average Bonchev–Trinajstić information content (AvgIpc) is 2.52. The predicted molar refractivity (Wildman–Crippen MR) is 79.6 cm³/mol. The number of carbonyl (C=O) groups excluding carboxylic acids is 2. The van der Waals surface area contributed by atoms with Gasteiger partial charge >= 0.3 is 0 Å². The van der Waals surface area contributed by atoms with Gasteiger partial charge in [0, 0.05) is 12.0 Å². The molecule has 1 aliphatic carbocycles. The van der Waals surface area contributed by atoms with E-state index in [2.05, 4.69) is 5.32 Å². The van der Waals surface area contributed by atoms with Crippen LogP contribution in [0.15, 0.2) is 30.3 Å². The van der Waals surface area contributed by atoms with E-state index in [9.17, 15) is 9.59 Å². The number of amides is 1. The zero-order valence-corrected chi connectivity index (χ0v) is 11.9. The first-order valence-corrected chi connectivity index (χ1v) is 7.60. The lowest BCUT2D eigenvalue weighted by Gasteiger charge is -2.20. The Kier molecular flexibility index (Phi) is 5.78. The number of rotatable bonds is 6. The average molecular weight is 273 g/mol. The molecule has 0 unspecified atom stereocenters. The minimum Gasteiger partial charge on any atom is -0.349 e. The van der Waals surface area contributed by atoms with Crippen molar-refractivity contribution in [3.8, 4) is 0 Å². The van der Waals surface area contributed by atoms with E-state index < -0.39 is 0 Å². The topological polar surface area (TPSA) is 46.2 Å². The highest BCUT2D eigenvalue weighted by Gasteiger charge is 2.15. The molecule has 3 nitrogen and oxygen atoms in total. The third-order valence-corrected chi connectivity index (χ3v) is 4.05. The number of Topliss-reactive ketones (excluding diaryl/α,β-unsaturated/α-hetero) is 1. The van der Waals surface area contributed by atoms with Crippen LogP contribution in [0.3, 0.4) is 0 Å². The van der Waals surface area contributed by atoms with E-state index in [1.807, 2.05) is 18.2 Å². The predicted octanol–water partition coefficient (Wildman–Crippen LogP) is 3.35. The maximum atomic E-state index is 11.8. The highest BCUT2D eigenvalue weighted by atomic mass is 16.2. The second-order valence-corrected chi connectivity index (χ2v) is 5.61. The zero-order chi connectivity index (χ0) is 14.2. The largest absolute Gasteiger partial charge is 0.349 e. The summed E-state index contributed by atoms with van der Waals surface area (Å²) in [6.07, 6.45) is 7.98. The maximum Gasteiger partial charge on any atom is 0.220 e. The summed E-state index contributed by atoms with van der Waals surface area (Å²) < 4.78 is 0. The maximum absolute atomic E-state index is 11.8. The van der Waals surface area contributed by atoms with Crippen molar-refractivity contribution in [2.75, 3.05) is 6.54 Å². The van der Waals surface area contributed by atoms with Crippen LogP contribution in [0.2, 0.25) is 0 Å². The van der Waals surface area contributed by atoms with Crippen molar-refractivity contribution < 1.29 is 9.59 Å². The summed E-state index contributed by atoms with van der Waals surface area (Å²) in [7, 11) is 0. The van der Waals surface area contributed by atoms with Crippen LogP contribution >= 0.6 is 0 Å². The SMILES string of the molecule is O=C(CCC1CCCCC1)NCC(=O)c1ccccc1. The van der Waals surface area contributed by atoms with Crippen LogP contribution in [0.25, 0.3) is 0 Å². The Hall–Kier alpha value is -1.64. The van der Waals surface area contributed by atoms with Gasteiger partial charge in [0.15, 0.2) is 5.78 Å². The van der Waals surface area contributed by atoms with Crippen molar-refractivity contribution in [2.45, 2.75) is 44.9 Å². The summed E-state index contributed by atoms with van der Waals surface area (Å²) in [6.45, 7) is 0.105. The van der Waals surface area contributed by atoms with Crippen LogP contribution in [0.4, 0.5) is 0 Å². The number of hydrogen-bond acceptors (Lipinski definition) is 2. The summed E-state index contributed by atoms with van der Waals surface area (Å²) >= 11 is 0. The van der Waals surface area contributed by atoms with Gasteiger partial charge in [0.1, 0.15) is 0 Å². The molecule has 2 rings (SSSR count). The minimum atomic E-state index is -0.0309. The first-order chi connectivity index (χ1) is 9.75. The molecule has 0 heterocycles. The number of hydrogen-bond donors (Lipinski definition) is 1. The van der Waals surface area contributed by atoms with Crippen molar-refractivity contribution in [3.05, 3.63) is 35.9 Å². The second-order valence-electron chi connectivity index (χ2n) is 5.61. The van der Waals surface area contributed by atoms with E-state index >= 15 is 0 Å². The quantitative estimate of drug-likeness (QED) is 0.808. The highest BCUT2D eigenvalue weighted by molar-refractivity contribution is 5.99. The van der Waals surface area contributed by atoms with Crippen molar-refractivity contribution >= 4 is 11.7 Å². The smallest absolute Gasteiger partial charge is 0.220 e. The summed E-state index contributed by atoms with van der Waals surface area (Å²) in [5.74, 6) is 0.677. The number of ketones is 1. The van der Waals surface area contributed by atoms with Gasteiger partial charge in [0.05, 0.1) is 6.54 Å². The molecular weight excluding hydrogens is 250 g/mol. The van der Waals surface area contributed by atoms with Gasteiger partial charge in [-0.2, -0.15) is 0 Å². The summed E-state index contributed by atoms with van der Waals surface area (Å²) in [4.78, 5) is 23.6. The Labute approximate surface area is 120 Å². The molecule has 3 heteroatoms. The van der Waals surface area contributed by atoms with E-state index in [1.54, 1.807) is 12.1 Å². The molecule has 1 aliphatic rings. The van der Waals surface area contributed by atoms with Gasteiger partial charge in [0.25, 0.3) is 0 Å². The zero-order valence-electron chi connectivity index (χ0n) is 11.9. The minimum absolute atomic E-state index is 0.000135. The van der Waals surface area contributed by atoms with Gasteiger partial charge in [-0.3, -0.25) is 9.59 Å². The summed E-state index contributed by atoms with van der Waals surface area (Å²) in [5, 5.41) is 2.73. The van der Waals surface area contributed by atoms with Crippen LogP contribution < -0.4 is 5.32 Å². The summed E-state index contributed by atoms with van der Waals surface area (Å²) in [5.41, 5.74) is 0.653. The van der Waals surface area contributed by atoms with Crippen LogP contribution in [-0.4, -0.2) is 18.2 Å². The Morgan fingerprint density at radius 3 is 2.45 bits per heavy atom. The van der Waals surface area contributed by atoms with Crippen molar-refractivity contribution in [2.24, 2.45) is 5.92 Å².